The zero-order chi connectivity index (χ0) is 11.7. The third kappa shape index (κ3) is 7.33. The number of carbonyl (C=O) groups is 1. The molecule has 2 N–H and O–H groups in total. The SMILES string of the molecule is CCCC(CC)[C@@H](O)COCCC(=O)O. The maximum absolute atomic E-state index is 10.2. The van der Waals surface area contributed by atoms with Gasteiger partial charge in [-0.25, -0.2) is 0 Å². The van der Waals surface area contributed by atoms with E-state index in [-0.39, 0.29) is 25.6 Å². The molecule has 1 unspecified atom stereocenters. The molecule has 0 fully saturated rings. The number of rotatable bonds is 9. The van der Waals surface area contributed by atoms with E-state index >= 15 is 0 Å². The summed E-state index contributed by atoms with van der Waals surface area (Å²) in [5.41, 5.74) is 0. The molecule has 0 bridgehead atoms. The molecular formula is C11H22O4. The number of aliphatic hydroxyl groups excluding tert-OH is 1. The fourth-order valence-electron chi connectivity index (χ4n) is 1.54. The normalized spacial score (nSPS) is 14.9. The first-order valence-electron chi connectivity index (χ1n) is 5.59. The van der Waals surface area contributed by atoms with Crippen LogP contribution in [0.15, 0.2) is 0 Å². The van der Waals surface area contributed by atoms with Crippen LogP contribution in [-0.2, 0) is 9.53 Å². The molecule has 4 heteroatoms. The highest BCUT2D eigenvalue weighted by Gasteiger charge is 2.16. The summed E-state index contributed by atoms with van der Waals surface area (Å²) in [4.78, 5) is 10.2. The molecule has 15 heavy (non-hydrogen) atoms. The van der Waals surface area contributed by atoms with Crippen molar-refractivity contribution in [2.45, 2.75) is 45.6 Å². The van der Waals surface area contributed by atoms with Crippen molar-refractivity contribution < 1.29 is 19.7 Å². The first-order valence-corrected chi connectivity index (χ1v) is 5.59. The average Bonchev–Trinajstić information content (AvgIpc) is 2.20. The summed E-state index contributed by atoms with van der Waals surface area (Å²) >= 11 is 0. The van der Waals surface area contributed by atoms with Crippen LogP contribution in [0, 0.1) is 5.92 Å². The summed E-state index contributed by atoms with van der Waals surface area (Å²) in [7, 11) is 0. The van der Waals surface area contributed by atoms with Crippen LogP contribution in [0.2, 0.25) is 0 Å². The predicted octanol–water partition coefficient (Wildman–Crippen LogP) is 1.66. The molecule has 0 radical (unpaired) electrons. The largest absolute Gasteiger partial charge is 0.481 e. The van der Waals surface area contributed by atoms with Crippen LogP contribution in [0.4, 0.5) is 0 Å². The summed E-state index contributed by atoms with van der Waals surface area (Å²) in [6.07, 6.45) is 2.49. The molecule has 0 aromatic carbocycles. The summed E-state index contributed by atoms with van der Waals surface area (Å²) in [6.45, 7) is 4.54. The molecule has 0 aromatic rings. The monoisotopic (exact) mass is 218 g/mol. The molecule has 0 aliphatic heterocycles. The van der Waals surface area contributed by atoms with Gasteiger partial charge in [-0.15, -0.1) is 0 Å². The summed E-state index contributed by atoms with van der Waals surface area (Å²) in [5.74, 6) is -0.607. The zero-order valence-electron chi connectivity index (χ0n) is 9.61. The first kappa shape index (κ1) is 14.4. The molecule has 2 atom stereocenters. The number of hydrogen-bond acceptors (Lipinski definition) is 3. The molecule has 0 aliphatic carbocycles. The van der Waals surface area contributed by atoms with E-state index in [4.69, 9.17) is 9.84 Å². The highest BCUT2D eigenvalue weighted by Crippen LogP contribution is 2.15. The number of aliphatic carboxylic acids is 1. The predicted molar refractivity (Wildman–Crippen MR) is 57.8 cm³/mol. The van der Waals surface area contributed by atoms with E-state index < -0.39 is 12.1 Å². The zero-order valence-corrected chi connectivity index (χ0v) is 9.61. The van der Waals surface area contributed by atoms with Gasteiger partial charge in [0.25, 0.3) is 0 Å². The lowest BCUT2D eigenvalue weighted by atomic mass is 9.95. The van der Waals surface area contributed by atoms with Crippen LogP contribution >= 0.6 is 0 Å². The van der Waals surface area contributed by atoms with E-state index in [9.17, 15) is 9.90 Å². The van der Waals surface area contributed by atoms with Gasteiger partial charge >= 0.3 is 5.97 Å². The molecule has 0 saturated carbocycles. The molecule has 0 aliphatic rings. The van der Waals surface area contributed by atoms with Crippen LogP contribution in [0.5, 0.6) is 0 Å². The van der Waals surface area contributed by atoms with Crippen molar-refractivity contribution in [1.82, 2.24) is 0 Å². The fourth-order valence-corrected chi connectivity index (χ4v) is 1.54. The average molecular weight is 218 g/mol. The van der Waals surface area contributed by atoms with E-state index in [0.717, 1.165) is 19.3 Å². The highest BCUT2D eigenvalue weighted by atomic mass is 16.5. The van der Waals surface area contributed by atoms with Gasteiger partial charge in [-0.05, 0) is 12.3 Å². The van der Waals surface area contributed by atoms with E-state index in [1.165, 1.54) is 0 Å². The van der Waals surface area contributed by atoms with Gasteiger partial charge in [-0.1, -0.05) is 26.7 Å². The molecule has 0 aromatic heterocycles. The van der Waals surface area contributed by atoms with Gasteiger partial charge in [0.2, 0.25) is 0 Å². The lowest BCUT2D eigenvalue weighted by molar-refractivity contribution is -0.138. The maximum Gasteiger partial charge on any atom is 0.305 e. The van der Waals surface area contributed by atoms with E-state index in [0.29, 0.717) is 0 Å². The van der Waals surface area contributed by atoms with Crippen LogP contribution in [-0.4, -0.2) is 35.5 Å². The number of hydrogen-bond donors (Lipinski definition) is 2. The molecule has 0 rings (SSSR count). The summed E-state index contributed by atoms with van der Waals surface area (Å²) in [5, 5.41) is 18.1. The topological polar surface area (TPSA) is 66.8 Å². The van der Waals surface area contributed by atoms with Gasteiger partial charge < -0.3 is 14.9 Å². The van der Waals surface area contributed by atoms with Gasteiger partial charge in [-0.2, -0.15) is 0 Å². The number of ether oxygens (including phenoxy) is 1. The minimum Gasteiger partial charge on any atom is -0.481 e. The second-order valence-electron chi connectivity index (χ2n) is 3.74. The quantitative estimate of drug-likeness (QED) is 0.578. The minimum atomic E-state index is -0.870. The van der Waals surface area contributed by atoms with Gasteiger partial charge in [0.05, 0.1) is 25.7 Å². The van der Waals surface area contributed by atoms with E-state index in [2.05, 4.69) is 6.92 Å². The standard InChI is InChI=1S/C11H22O4/c1-3-5-9(4-2)10(12)8-15-7-6-11(13)14/h9-10,12H,3-8H2,1-2H3,(H,13,14)/t9?,10-/m0/s1. The van der Waals surface area contributed by atoms with Gasteiger partial charge in [-0.3, -0.25) is 4.79 Å². The third-order valence-electron chi connectivity index (χ3n) is 2.48. The second kappa shape index (κ2) is 8.68. The maximum atomic E-state index is 10.2. The summed E-state index contributed by atoms with van der Waals surface area (Å²) in [6, 6.07) is 0. The van der Waals surface area contributed by atoms with Crippen molar-refractivity contribution in [2.24, 2.45) is 5.92 Å². The van der Waals surface area contributed by atoms with Crippen LogP contribution in [0.25, 0.3) is 0 Å². The molecule has 90 valence electrons. The Morgan fingerprint density at radius 1 is 1.40 bits per heavy atom. The Bertz CT molecular complexity index is 170. The van der Waals surface area contributed by atoms with Crippen LogP contribution < -0.4 is 0 Å². The van der Waals surface area contributed by atoms with Crippen molar-refractivity contribution in [3.8, 4) is 0 Å². The Hall–Kier alpha value is -0.610. The number of aliphatic hydroxyl groups is 1. The van der Waals surface area contributed by atoms with Crippen molar-refractivity contribution in [1.29, 1.82) is 0 Å². The number of carboxylic acids is 1. The molecule has 0 spiro atoms. The van der Waals surface area contributed by atoms with Crippen molar-refractivity contribution in [3.05, 3.63) is 0 Å². The van der Waals surface area contributed by atoms with Crippen molar-refractivity contribution >= 4 is 5.97 Å². The molecule has 0 saturated heterocycles. The molecule has 0 amide bonds. The van der Waals surface area contributed by atoms with Gasteiger partial charge in [0, 0.05) is 0 Å². The van der Waals surface area contributed by atoms with Crippen LogP contribution in [0.1, 0.15) is 39.5 Å². The molecule has 4 nitrogen and oxygen atoms in total. The lowest BCUT2D eigenvalue weighted by Crippen LogP contribution is -2.25. The molecule has 0 heterocycles. The summed E-state index contributed by atoms with van der Waals surface area (Å²) < 4.78 is 5.10. The van der Waals surface area contributed by atoms with Gasteiger partial charge in [0.15, 0.2) is 0 Å². The Kier molecular flexibility index (Phi) is 8.33. The lowest BCUT2D eigenvalue weighted by Gasteiger charge is -2.20. The Labute approximate surface area is 91.3 Å². The third-order valence-corrected chi connectivity index (χ3v) is 2.48. The van der Waals surface area contributed by atoms with Crippen molar-refractivity contribution in [3.63, 3.8) is 0 Å². The smallest absolute Gasteiger partial charge is 0.305 e. The fraction of sp³-hybridized carbons (Fsp3) is 0.909. The highest BCUT2D eigenvalue weighted by molar-refractivity contribution is 5.66. The number of carboxylic acid groups (broad SMARTS) is 1. The Morgan fingerprint density at radius 2 is 2.07 bits per heavy atom. The minimum absolute atomic E-state index is 0.00269. The Morgan fingerprint density at radius 3 is 2.53 bits per heavy atom. The van der Waals surface area contributed by atoms with E-state index in [1.54, 1.807) is 0 Å². The van der Waals surface area contributed by atoms with Gasteiger partial charge in [0.1, 0.15) is 0 Å². The second-order valence-corrected chi connectivity index (χ2v) is 3.74. The van der Waals surface area contributed by atoms with Crippen molar-refractivity contribution in [2.75, 3.05) is 13.2 Å². The molecular weight excluding hydrogens is 196 g/mol. The Balaban J connectivity index is 3.61. The van der Waals surface area contributed by atoms with Crippen LogP contribution in [0.3, 0.4) is 0 Å². The van der Waals surface area contributed by atoms with E-state index in [1.807, 2.05) is 6.92 Å². The first-order chi connectivity index (χ1) is 7.11.